The molecule has 2 heterocycles. The Labute approximate surface area is 132 Å². The van der Waals surface area contributed by atoms with Crippen molar-refractivity contribution in [2.45, 2.75) is 32.2 Å². The van der Waals surface area contributed by atoms with Crippen LogP contribution in [-0.4, -0.2) is 44.8 Å². The van der Waals surface area contributed by atoms with E-state index in [1.807, 2.05) is 0 Å². The molecule has 2 aliphatic rings. The summed E-state index contributed by atoms with van der Waals surface area (Å²) < 4.78 is 5.26. The van der Waals surface area contributed by atoms with Crippen molar-refractivity contribution in [2.75, 3.05) is 42.6 Å². The van der Waals surface area contributed by atoms with Crippen LogP contribution in [0.5, 0.6) is 0 Å². The minimum Gasteiger partial charge on any atom is -0.463 e. The largest absolute Gasteiger partial charge is 0.463 e. The van der Waals surface area contributed by atoms with E-state index in [0.29, 0.717) is 12.6 Å². The first-order valence-corrected chi connectivity index (χ1v) is 8.32. The first-order valence-electron chi connectivity index (χ1n) is 8.32. The van der Waals surface area contributed by atoms with Gasteiger partial charge in [-0.05, 0) is 44.4 Å². The number of hydrogen-bond donors (Lipinski definition) is 1. The number of hydrogen-bond acceptors (Lipinski definition) is 5. The van der Waals surface area contributed by atoms with Crippen molar-refractivity contribution in [3.63, 3.8) is 0 Å². The Morgan fingerprint density at radius 2 is 2.14 bits per heavy atom. The summed E-state index contributed by atoms with van der Waals surface area (Å²) >= 11 is 0. The zero-order valence-electron chi connectivity index (χ0n) is 13.4. The molecule has 0 aromatic heterocycles. The van der Waals surface area contributed by atoms with Gasteiger partial charge in [-0.2, -0.15) is 0 Å². The Hall–Kier alpha value is -1.91. The van der Waals surface area contributed by atoms with Gasteiger partial charge in [0.25, 0.3) is 6.02 Å². The van der Waals surface area contributed by atoms with E-state index in [1.165, 1.54) is 43.7 Å². The summed E-state index contributed by atoms with van der Waals surface area (Å²) in [6, 6.07) is 9.32. The van der Waals surface area contributed by atoms with Gasteiger partial charge in [0.2, 0.25) is 0 Å². The standard InChI is InChI=1S/C17H26N4O/c1-2-20(12-14-13-22-17(18)19-14)15-7-6-8-16(11-15)21-9-4-3-5-10-21/h6-8,11,14H,2-5,9-10,12-13H2,1H3,(H2,18,19)/t14-/m0/s1. The highest BCUT2D eigenvalue weighted by atomic mass is 16.5. The highest BCUT2D eigenvalue weighted by molar-refractivity contribution is 5.73. The van der Waals surface area contributed by atoms with Gasteiger partial charge in [-0.25, -0.2) is 4.99 Å². The van der Waals surface area contributed by atoms with Crippen molar-refractivity contribution in [1.29, 1.82) is 0 Å². The summed E-state index contributed by atoms with van der Waals surface area (Å²) in [6.07, 6.45) is 3.96. The Morgan fingerprint density at radius 1 is 1.32 bits per heavy atom. The van der Waals surface area contributed by atoms with Crippen LogP contribution in [0.25, 0.3) is 0 Å². The molecule has 2 aliphatic heterocycles. The number of amidine groups is 1. The summed E-state index contributed by atoms with van der Waals surface area (Å²) in [6.45, 7) is 6.92. The van der Waals surface area contributed by atoms with E-state index in [2.05, 4.69) is 46.0 Å². The van der Waals surface area contributed by atoms with Crippen molar-refractivity contribution < 1.29 is 4.74 Å². The highest BCUT2D eigenvalue weighted by Gasteiger charge is 2.20. The second kappa shape index (κ2) is 6.90. The van der Waals surface area contributed by atoms with Crippen LogP contribution < -0.4 is 15.5 Å². The molecule has 0 saturated carbocycles. The molecule has 1 saturated heterocycles. The molecule has 1 aromatic rings. The topological polar surface area (TPSA) is 54.1 Å². The minimum absolute atomic E-state index is 0.138. The number of likely N-dealkylation sites (N-methyl/N-ethyl adjacent to an activating group) is 1. The molecular weight excluding hydrogens is 276 g/mol. The summed E-state index contributed by atoms with van der Waals surface area (Å²) in [5.41, 5.74) is 8.20. The van der Waals surface area contributed by atoms with Gasteiger partial charge in [0.1, 0.15) is 12.6 Å². The van der Waals surface area contributed by atoms with Crippen LogP contribution in [0, 0.1) is 0 Å². The average Bonchev–Trinajstić information content (AvgIpc) is 2.99. The number of benzene rings is 1. The Morgan fingerprint density at radius 3 is 2.82 bits per heavy atom. The van der Waals surface area contributed by atoms with Gasteiger partial charge in [0.15, 0.2) is 0 Å². The van der Waals surface area contributed by atoms with Crippen LogP contribution in [0.4, 0.5) is 11.4 Å². The minimum atomic E-state index is 0.138. The molecule has 2 N–H and O–H groups in total. The second-order valence-corrected chi connectivity index (χ2v) is 6.04. The summed E-state index contributed by atoms with van der Waals surface area (Å²) in [7, 11) is 0. The molecule has 120 valence electrons. The number of ether oxygens (including phenoxy) is 1. The fourth-order valence-corrected chi connectivity index (χ4v) is 3.24. The first-order chi connectivity index (χ1) is 10.8. The first kappa shape index (κ1) is 15.0. The van der Waals surface area contributed by atoms with Crippen LogP contribution in [0.2, 0.25) is 0 Å². The molecule has 0 amide bonds. The predicted molar refractivity (Wildman–Crippen MR) is 91.8 cm³/mol. The fraction of sp³-hybridized carbons (Fsp3) is 0.588. The maximum atomic E-state index is 5.61. The number of nitrogens with two attached hydrogens (primary N) is 1. The lowest BCUT2D eigenvalue weighted by Gasteiger charge is -2.31. The number of piperidine rings is 1. The quantitative estimate of drug-likeness (QED) is 0.906. The number of anilines is 2. The molecule has 1 atom stereocenters. The van der Waals surface area contributed by atoms with Gasteiger partial charge >= 0.3 is 0 Å². The Balaban J connectivity index is 1.71. The smallest absolute Gasteiger partial charge is 0.282 e. The molecule has 0 aliphatic carbocycles. The van der Waals surface area contributed by atoms with Gasteiger partial charge in [0, 0.05) is 37.6 Å². The average molecular weight is 302 g/mol. The van der Waals surface area contributed by atoms with Crippen LogP contribution in [-0.2, 0) is 4.74 Å². The molecule has 5 nitrogen and oxygen atoms in total. The highest BCUT2D eigenvalue weighted by Crippen LogP contribution is 2.25. The summed E-state index contributed by atoms with van der Waals surface area (Å²) in [5.74, 6) is 0. The third kappa shape index (κ3) is 3.46. The van der Waals surface area contributed by atoms with E-state index in [-0.39, 0.29) is 6.04 Å². The lowest BCUT2D eigenvalue weighted by Crippen LogP contribution is -2.33. The monoisotopic (exact) mass is 302 g/mol. The normalized spacial score (nSPS) is 21.4. The van der Waals surface area contributed by atoms with Gasteiger partial charge in [0.05, 0.1) is 0 Å². The van der Waals surface area contributed by atoms with Crippen molar-refractivity contribution in [1.82, 2.24) is 0 Å². The van der Waals surface area contributed by atoms with Gasteiger partial charge in [-0.1, -0.05) is 6.07 Å². The molecule has 0 radical (unpaired) electrons. The molecule has 0 spiro atoms. The molecular formula is C17H26N4O. The second-order valence-electron chi connectivity index (χ2n) is 6.04. The Bertz CT molecular complexity index is 525. The van der Waals surface area contributed by atoms with Crippen molar-refractivity contribution in [2.24, 2.45) is 10.7 Å². The predicted octanol–water partition coefficient (Wildman–Crippen LogP) is 2.22. The third-order valence-electron chi connectivity index (χ3n) is 4.46. The van der Waals surface area contributed by atoms with Gasteiger partial charge < -0.3 is 20.3 Å². The zero-order valence-corrected chi connectivity index (χ0v) is 13.4. The van der Waals surface area contributed by atoms with E-state index in [9.17, 15) is 0 Å². The van der Waals surface area contributed by atoms with Crippen LogP contribution in [0.1, 0.15) is 26.2 Å². The lowest BCUT2D eigenvalue weighted by molar-refractivity contribution is 0.313. The number of rotatable bonds is 5. The molecule has 5 heteroatoms. The molecule has 22 heavy (non-hydrogen) atoms. The SMILES string of the molecule is CCN(C[C@H]1COC(N)=N1)c1cccc(N2CCCCC2)c1. The van der Waals surface area contributed by atoms with Gasteiger partial charge in [-0.3, -0.25) is 0 Å². The maximum Gasteiger partial charge on any atom is 0.282 e. The maximum absolute atomic E-state index is 5.61. The van der Waals surface area contributed by atoms with Crippen molar-refractivity contribution in [3.8, 4) is 0 Å². The zero-order chi connectivity index (χ0) is 15.4. The third-order valence-corrected chi connectivity index (χ3v) is 4.46. The van der Waals surface area contributed by atoms with E-state index < -0.39 is 0 Å². The number of aliphatic imine (C=N–C) groups is 1. The van der Waals surface area contributed by atoms with E-state index in [0.717, 1.165) is 13.1 Å². The van der Waals surface area contributed by atoms with Crippen LogP contribution in [0.15, 0.2) is 29.3 Å². The van der Waals surface area contributed by atoms with E-state index >= 15 is 0 Å². The molecule has 1 aromatic carbocycles. The van der Waals surface area contributed by atoms with Gasteiger partial charge in [-0.15, -0.1) is 0 Å². The van der Waals surface area contributed by atoms with Crippen molar-refractivity contribution >= 4 is 17.4 Å². The summed E-state index contributed by atoms with van der Waals surface area (Å²) in [5, 5.41) is 0. The van der Waals surface area contributed by atoms with E-state index in [1.54, 1.807) is 0 Å². The van der Waals surface area contributed by atoms with Crippen LogP contribution >= 0.6 is 0 Å². The van der Waals surface area contributed by atoms with Crippen LogP contribution in [0.3, 0.4) is 0 Å². The van der Waals surface area contributed by atoms with E-state index in [4.69, 9.17) is 10.5 Å². The summed E-state index contributed by atoms with van der Waals surface area (Å²) in [4.78, 5) is 9.18. The lowest BCUT2D eigenvalue weighted by atomic mass is 10.1. The fourth-order valence-electron chi connectivity index (χ4n) is 3.24. The molecule has 0 bridgehead atoms. The molecule has 1 fully saturated rings. The molecule has 0 unspecified atom stereocenters. The molecule has 3 rings (SSSR count). The number of nitrogens with zero attached hydrogens (tertiary/aromatic N) is 3. The van der Waals surface area contributed by atoms with Crippen molar-refractivity contribution in [3.05, 3.63) is 24.3 Å². The Kier molecular flexibility index (Phi) is 4.71.